The molecule has 1 aromatic carbocycles. The van der Waals surface area contributed by atoms with Gasteiger partial charge in [0.2, 0.25) is 5.88 Å². The van der Waals surface area contributed by atoms with Crippen molar-refractivity contribution in [3.05, 3.63) is 54.1 Å². The average Bonchev–Trinajstić information content (AvgIpc) is 3.28. The number of primary amides is 1. The number of carbonyl (C=O) groups excluding carboxylic acids is 1. The van der Waals surface area contributed by atoms with Gasteiger partial charge in [-0.2, -0.15) is 18.3 Å². The molecule has 0 aliphatic carbocycles. The van der Waals surface area contributed by atoms with E-state index in [9.17, 15) is 18.0 Å². The first kappa shape index (κ1) is 21.3. The summed E-state index contributed by atoms with van der Waals surface area (Å²) in [6.45, 7) is 0.534. The standard InChI is InChI=1S/C20H18F3N7O2/c1-25-9-12-7-18(27-10-26-12)32-13-3-4-15-11(5-13)6-16(30(15)19(24)31)14-8-17(20(21,22)23)29(2)28-14/h3-8,10,25H,9H2,1-2H3,(H2,24,31). The van der Waals surface area contributed by atoms with Gasteiger partial charge in [-0.15, -0.1) is 0 Å². The summed E-state index contributed by atoms with van der Waals surface area (Å²) in [5, 5.41) is 7.42. The topological polar surface area (TPSA) is 113 Å². The van der Waals surface area contributed by atoms with Crippen LogP contribution in [0.25, 0.3) is 22.3 Å². The Morgan fingerprint density at radius 3 is 2.62 bits per heavy atom. The Morgan fingerprint density at radius 1 is 1.19 bits per heavy atom. The van der Waals surface area contributed by atoms with Gasteiger partial charge >= 0.3 is 12.2 Å². The van der Waals surface area contributed by atoms with Gasteiger partial charge in [-0.1, -0.05) is 0 Å². The zero-order valence-corrected chi connectivity index (χ0v) is 17.0. The van der Waals surface area contributed by atoms with Crippen LogP contribution in [0.2, 0.25) is 0 Å². The van der Waals surface area contributed by atoms with Crippen LogP contribution in [0.5, 0.6) is 11.6 Å². The number of ether oxygens (including phenoxy) is 1. The third-order valence-electron chi connectivity index (χ3n) is 4.71. The van der Waals surface area contributed by atoms with E-state index in [1.165, 1.54) is 19.4 Å². The number of aryl methyl sites for hydroxylation is 1. The first-order valence-corrected chi connectivity index (χ1v) is 9.37. The lowest BCUT2D eigenvalue weighted by atomic mass is 10.2. The Hall–Kier alpha value is -3.93. The number of benzene rings is 1. The minimum Gasteiger partial charge on any atom is -0.439 e. The van der Waals surface area contributed by atoms with E-state index < -0.39 is 17.9 Å². The molecule has 0 aliphatic rings. The Kier molecular flexibility index (Phi) is 5.30. The fourth-order valence-electron chi connectivity index (χ4n) is 3.37. The van der Waals surface area contributed by atoms with Gasteiger partial charge in [-0.05, 0) is 37.4 Å². The van der Waals surface area contributed by atoms with E-state index in [2.05, 4.69) is 20.4 Å². The summed E-state index contributed by atoms with van der Waals surface area (Å²) in [5.74, 6) is 0.732. The van der Waals surface area contributed by atoms with Crippen molar-refractivity contribution in [2.24, 2.45) is 12.8 Å². The molecule has 1 amide bonds. The third-order valence-corrected chi connectivity index (χ3v) is 4.71. The molecule has 0 saturated heterocycles. The maximum absolute atomic E-state index is 13.2. The van der Waals surface area contributed by atoms with E-state index >= 15 is 0 Å². The molecule has 0 aliphatic heterocycles. The quantitative estimate of drug-likeness (QED) is 0.488. The molecule has 0 fully saturated rings. The molecule has 4 rings (SSSR count). The zero-order valence-electron chi connectivity index (χ0n) is 17.0. The molecule has 0 bridgehead atoms. The maximum atomic E-state index is 13.2. The number of rotatable bonds is 5. The van der Waals surface area contributed by atoms with E-state index in [4.69, 9.17) is 10.5 Å². The zero-order chi connectivity index (χ0) is 23.0. The van der Waals surface area contributed by atoms with Crippen LogP contribution >= 0.6 is 0 Å². The summed E-state index contributed by atoms with van der Waals surface area (Å²) in [6, 6.07) is 8.04. The number of nitrogens with one attached hydrogen (secondary N) is 1. The van der Waals surface area contributed by atoms with Gasteiger partial charge in [-0.25, -0.2) is 14.8 Å². The van der Waals surface area contributed by atoms with Crippen LogP contribution < -0.4 is 15.8 Å². The van der Waals surface area contributed by atoms with Crippen LogP contribution in [0.1, 0.15) is 11.4 Å². The normalized spacial score (nSPS) is 11.8. The minimum absolute atomic E-state index is 0.0372. The Labute approximate surface area is 179 Å². The molecule has 0 unspecified atom stereocenters. The molecule has 3 N–H and O–H groups in total. The largest absolute Gasteiger partial charge is 0.439 e. The van der Waals surface area contributed by atoms with Gasteiger partial charge in [0.15, 0.2) is 0 Å². The molecule has 12 heteroatoms. The van der Waals surface area contributed by atoms with E-state index in [1.807, 2.05) is 0 Å². The van der Waals surface area contributed by atoms with Crippen LogP contribution in [0, 0.1) is 0 Å². The molecule has 4 aromatic rings. The third kappa shape index (κ3) is 3.99. The lowest BCUT2D eigenvalue weighted by Crippen LogP contribution is -2.20. The number of fused-ring (bicyclic) bond motifs is 1. The highest BCUT2D eigenvalue weighted by Gasteiger charge is 2.35. The van der Waals surface area contributed by atoms with Crippen LogP contribution in [0.3, 0.4) is 0 Å². The average molecular weight is 445 g/mol. The lowest BCUT2D eigenvalue weighted by Gasteiger charge is -2.07. The maximum Gasteiger partial charge on any atom is 0.433 e. The highest BCUT2D eigenvalue weighted by molar-refractivity contribution is 5.97. The van der Waals surface area contributed by atoms with Crippen LogP contribution in [-0.4, -0.2) is 37.4 Å². The molecule has 9 nitrogen and oxygen atoms in total. The van der Waals surface area contributed by atoms with Crippen molar-refractivity contribution in [2.45, 2.75) is 12.7 Å². The van der Waals surface area contributed by atoms with Gasteiger partial charge in [0.25, 0.3) is 0 Å². The lowest BCUT2D eigenvalue weighted by molar-refractivity contribution is -0.143. The van der Waals surface area contributed by atoms with Crippen molar-refractivity contribution in [1.82, 2.24) is 29.6 Å². The fraction of sp³-hybridized carbons (Fsp3) is 0.200. The molecular formula is C20H18F3N7O2. The predicted octanol–water partition coefficient (Wildman–Crippen LogP) is 3.29. The molecule has 0 atom stereocenters. The molecule has 3 aromatic heterocycles. The number of hydrogen-bond donors (Lipinski definition) is 2. The monoisotopic (exact) mass is 445 g/mol. The summed E-state index contributed by atoms with van der Waals surface area (Å²) >= 11 is 0. The van der Waals surface area contributed by atoms with Crippen molar-refractivity contribution in [3.63, 3.8) is 0 Å². The molecule has 32 heavy (non-hydrogen) atoms. The van der Waals surface area contributed by atoms with E-state index in [-0.39, 0.29) is 11.4 Å². The van der Waals surface area contributed by atoms with Crippen LogP contribution in [-0.2, 0) is 19.8 Å². The first-order valence-electron chi connectivity index (χ1n) is 9.37. The second-order valence-electron chi connectivity index (χ2n) is 6.94. The van der Waals surface area contributed by atoms with Gasteiger partial charge in [0.05, 0.1) is 16.9 Å². The van der Waals surface area contributed by atoms with E-state index in [0.717, 1.165) is 16.3 Å². The summed E-state index contributed by atoms with van der Waals surface area (Å²) in [5.41, 5.74) is 5.80. The first-order chi connectivity index (χ1) is 15.2. The molecular weight excluding hydrogens is 427 g/mol. The number of alkyl halides is 3. The number of carbonyl (C=O) groups is 1. The number of aromatic nitrogens is 5. The number of hydrogen-bond acceptors (Lipinski definition) is 6. The van der Waals surface area contributed by atoms with E-state index in [0.29, 0.717) is 33.8 Å². The van der Waals surface area contributed by atoms with Gasteiger partial charge in [0.1, 0.15) is 23.5 Å². The highest BCUT2D eigenvalue weighted by Crippen LogP contribution is 2.35. The van der Waals surface area contributed by atoms with Crippen molar-refractivity contribution >= 4 is 16.9 Å². The Morgan fingerprint density at radius 2 is 1.97 bits per heavy atom. The summed E-state index contributed by atoms with van der Waals surface area (Å²) in [4.78, 5) is 20.3. The van der Waals surface area contributed by atoms with Crippen LogP contribution in [0.15, 0.2) is 42.7 Å². The predicted molar refractivity (Wildman–Crippen MR) is 109 cm³/mol. The summed E-state index contributed by atoms with van der Waals surface area (Å²) < 4.78 is 47.2. The SMILES string of the molecule is CNCc1cc(Oc2ccc3c(c2)cc(-c2cc(C(F)(F)F)n(C)n2)n3C(N)=O)ncn1. The van der Waals surface area contributed by atoms with Crippen molar-refractivity contribution < 1.29 is 22.7 Å². The van der Waals surface area contributed by atoms with Gasteiger partial charge in [0, 0.05) is 25.0 Å². The molecule has 0 spiro atoms. The van der Waals surface area contributed by atoms with Gasteiger partial charge < -0.3 is 15.8 Å². The Balaban J connectivity index is 1.75. The number of halogens is 3. The second kappa shape index (κ2) is 7.96. The molecule has 3 heterocycles. The number of nitrogens with zero attached hydrogens (tertiary/aromatic N) is 5. The van der Waals surface area contributed by atoms with Crippen LogP contribution in [0.4, 0.5) is 18.0 Å². The smallest absolute Gasteiger partial charge is 0.433 e. The van der Waals surface area contributed by atoms with Gasteiger partial charge in [-0.3, -0.25) is 9.25 Å². The van der Waals surface area contributed by atoms with Crippen molar-refractivity contribution in [2.75, 3.05) is 7.05 Å². The summed E-state index contributed by atoms with van der Waals surface area (Å²) in [7, 11) is 2.97. The highest BCUT2D eigenvalue weighted by atomic mass is 19.4. The fourth-order valence-corrected chi connectivity index (χ4v) is 3.37. The molecule has 0 saturated carbocycles. The number of nitrogens with two attached hydrogens (primary N) is 1. The summed E-state index contributed by atoms with van der Waals surface area (Å²) in [6.07, 6.45) is -3.21. The minimum atomic E-state index is -4.59. The molecule has 0 radical (unpaired) electrons. The Bertz CT molecular complexity index is 1310. The molecule has 166 valence electrons. The van der Waals surface area contributed by atoms with Crippen molar-refractivity contribution in [3.8, 4) is 23.0 Å². The second-order valence-corrected chi connectivity index (χ2v) is 6.94. The number of amides is 1. The van der Waals surface area contributed by atoms with Crippen molar-refractivity contribution in [1.29, 1.82) is 0 Å². The van der Waals surface area contributed by atoms with E-state index in [1.54, 1.807) is 31.3 Å².